The summed E-state index contributed by atoms with van der Waals surface area (Å²) in [6.45, 7) is 6.83. The van der Waals surface area contributed by atoms with Crippen LogP contribution in [0.15, 0.2) is 0 Å². The third-order valence-corrected chi connectivity index (χ3v) is 2.41. The zero-order valence-corrected chi connectivity index (χ0v) is 8.59. The Morgan fingerprint density at radius 3 is 2.38 bits per heavy atom. The highest BCUT2D eigenvalue weighted by Crippen LogP contribution is 2.13. The lowest BCUT2D eigenvalue weighted by atomic mass is 10.1. The van der Waals surface area contributed by atoms with Gasteiger partial charge in [0.2, 0.25) is 0 Å². The number of rotatable bonds is 2. The molecule has 1 aliphatic rings. The number of methoxy groups -OCH3 is 1. The van der Waals surface area contributed by atoms with Crippen molar-refractivity contribution in [1.29, 1.82) is 5.41 Å². The van der Waals surface area contributed by atoms with Crippen LogP contribution in [0.3, 0.4) is 0 Å². The van der Waals surface area contributed by atoms with E-state index in [9.17, 15) is 0 Å². The van der Waals surface area contributed by atoms with E-state index < -0.39 is 5.60 Å². The first-order valence-electron chi connectivity index (χ1n) is 4.55. The Morgan fingerprint density at radius 1 is 1.38 bits per heavy atom. The largest absolute Gasteiger partial charge is 0.378 e. The van der Waals surface area contributed by atoms with Gasteiger partial charge in [-0.15, -0.1) is 0 Å². The molecule has 0 aromatic carbocycles. The fourth-order valence-corrected chi connectivity index (χ4v) is 1.26. The van der Waals surface area contributed by atoms with Crippen molar-refractivity contribution in [2.24, 2.45) is 0 Å². The maximum Gasteiger partial charge on any atom is 0.128 e. The number of morpholine rings is 1. The van der Waals surface area contributed by atoms with Crippen LogP contribution in [0.2, 0.25) is 0 Å². The van der Waals surface area contributed by atoms with Gasteiger partial charge in [-0.05, 0) is 13.8 Å². The van der Waals surface area contributed by atoms with Crippen LogP contribution in [0, 0.1) is 5.41 Å². The first kappa shape index (κ1) is 10.5. The van der Waals surface area contributed by atoms with Crippen LogP contribution in [0.4, 0.5) is 0 Å². The average molecular weight is 186 g/mol. The third-order valence-electron chi connectivity index (χ3n) is 2.41. The highest BCUT2D eigenvalue weighted by molar-refractivity contribution is 5.87. The molecular weight excluding hydrogens is 168 g/mol. The van der Waals surface area contributed by atoms with E-state index in [1.807, 2.05) is 18.7 Å². The molecule has 0 amide bonds. The second-order valence-electron chi connectivity index (χ2n) is 3.66. The Kier molecular flexibility index (Phi) is 3.27. The first-order chi connectivity index (χ1) is 6.08. The molecule has 0 bridgehead atoms. The number of amidine groups is 1. The Labute approximate surface area is 79.3 Å². The molecule has 0 spiro atoms. The number of hydrogen-bond acceptors (Lipinski definition) is 3. The summed E-state index contributed by atoms with van der Waals surface area (Å²) in [7, 11) is 1.63. The van der Waals surface area contributed by atoms with Crippen molar-refractivity contribution in [3.63, 3.8) is 0 Å². The molecule has 1 saturated heterocycles. The van der Waals surface area contributed by atoms with E-state index in [0.717, 1.165) is 13.1 Å². The summed E-state index contributed by atoms with van der Waals surface area (Å²) in [5, 5.41) is 7.93. The summed E-state index contributed by atoms with van der Waals surface area (Å²) < 4.78 is 10.5. The van der Waals surface area contributed by atoms with Crippen LogP contribution in [0.1, 0.15) is 13.8 Å². The molecule has 4 nitrogen and oxygen atoms in total. The number of nitrogens with one attached hydrogen (secondary N) is 1. The highest BCUT2D eigenvalue weighted by Gasteiger charge is 2.28. The number of ether oxygens (including phenoxy) is 2. The Hall–Kier alpha value is -0.610. The quantitative estimate of drug-likeness (QED) is 0.510. The molecule has 1 rings (SSSR count). The summed E-state index contributed by atoms with van der Waals surface area (Å²) in [5.74, 6) is 0.540. The topological polar surface area (TPSA) is 45.5 Å². The van der Waals surface area contributed by atoms with Crippen LogP contribution in [0.25, 0.3) is 0 Å². The third kappa shape index (κ3) is 2.42. The minimum atomic E-state index is -0.489. The number of hydrogen-bond donors (Lipinski definition) is 1. The molecule has 1 aliphatic heterocycles. The van der Waals surface area contributed by atoms with Gasteiger partial charge in [0.1, 0.15) is 11.4 Å². The van der Waals surface area contributed by atoms with E-state index in [1.54, 1.807) is 7.11 Å². The maximum atomic E-state index is 7.93. The summed E-state index contributed by atoms with van der Waals surface area (Å²) in [6, 6.07) is 0. The minimum absolute atomic E-state index is 0.489. The zero-order valence-electron chi connectivity index (χ0n) is 8.59. The maximum absolute atomic E-state index is 7.93. The van der Waals surface area contributed by atoms with Crippen LogP contribution in [-0.4, -0.2) is 49.7 Å². The lowest BCUT2D eigenvalue weighted by Crippen LogP contribution is -2.50. The second kappa shape index (κ2) is 4.07. The molecule has 1 fully saturated rings. The van der Waals surface area contributed by atoms with Gasteiger partial charge in [-0.2, -0.15) is 0 Å². The predicted octanol–water partition coefficient (Wildman–Crippen LogP) is 0.721. The summed E-state index contributed by atoms with van der Waals surface area (Å²) in [4.78, 5) is 2.01. The molecule has 0 aromatic rings. The van der Waals surface area contributed by atoms with E-state index in [2.05, 4.69) is 0 Å². The van der Waals surface area contributed by atoms with Crippen molar-refractivity contribution in [3.8, 4) is 0 Å². The van der Waals surface area contributed by atoms with Gasteiger partial charge >= 0.3 is 0 Å². The van der Waals surface area contributed by atoms with Crippen LogP contribution in [0.5, 0.6) is 0 Å². The predicted molar refractivity (Wildman–Crippen MR) is 51.2 cm³/mol. The van der Waals surface area contributed by atoms with Crippen molar-refractivity contribution in [1.82, 2.24) is 4.90 Å². The SMILES string of the molecule is COC(C)(C)C(=N)N1CCOCC1. The fourth-order valence-electron chi connectivity index (χ4n) is 1.26. The molecule has 13 heavy (non-hydrogen) atoms. The van der Waals surface area contributed by atoms with Gasteiger partial charge in [-0.25, -0.2) is 0 Å². The van der Waals surface area contributed by atoms with E-state index in [4.69, 9.17) is 14.9 Å². The highest BCUT2D eigenvalue weighted by atomic mass is 16.5. The van der Waals surface area contributed by atoms with Crippen molar-refractivity contribution in [2.45, 2.75) is 19.4 Å². The molecule has 0 saturated carbocycles. The summed E-state index contributed by atoms with van der Waals surface area (Å²) in [6.07, 6.45) is 0. The van der Waals surface area contributed by atoms with Gasteiger partial charge in [-0.3, -0.25) is 5.41 Å². The fraction of sp³-hybridized carbons (Fsp3) is 0.889. The van der Waals surface area contributed by atoms with E-state index in [0.29, 0.717) is 19.0 Å². The molecule has 1 N–H and O–H groups in total. The van der Waals surface area contributed by atoms with Gasteiger partial charge in [0.05, 0.1) is 13.2 Å². The van der Waals surface area contributed by atoms with Crippen molar-refractivity contribution in [3.05, 3.63) is 0 Å². The smallest absolute Gasteiger partial charge is 0.128 e. The Morgan fingerprint density at radius 2 is 1.92 bits per heavy atom. The Bertz CT molecular complexity index is 186. The monoisotopic (exact) mass is 186 g/mol. The lowest BCUT2D eigenvalue weighted by molar-refractivity contribution is 0.0385. The molecule has 0 radical (unpaired) electrons. The van der Waals surface area contributed by atoms with Crippen LogP contribution < -0.4 is 0 Å². The molecule has 0 atom stereocenters. The average Bonchev–Trinajstić information content (AvgIpc) is 2.18. The van der Waals surface area contributed by atoms with Gasteiger partial charge in [-0.1, -0.05) is 0 Å². The molecule has 0 unspecified atom stereocenters. The number of nitrogens with zero attached hydrogens (tertiary/aromatic N) is 1. The molecule has 76 valence electrons. The van der Waals surface area contributed by atoms with E-state index in [-0.39, 0.29) is 0 Å². The van der Waals surface area contributed by atoms with Gasteiger partial charge in [0, 0.05) is 20.2 Å². The zero-order chi connectivity index (χ0) is 9.90. The molecule has 0 aliphatic carbocycles. The standard InChI is InChI=1S/C9H18N2O2/c1-9(2,12-3)8(10)11-4-6-13-7-5-11/h10H,4-7H2,1-3H3. The molecular formula is C9H18N2O2. The second-order valence-corrected chi connectivity index (χ2v) is 3.66. The van der Waals surface area contributed by atoms with Gasteiger partial charge in [0.25, 0.3) is 0 Å². The lowest BCUT2D eigenvalue weighted by Gasteiger charge is -2.36. The van der Waals surface area contributed by atoms with E-state index >= 15 is 0 Å². The molecule has 0 aromatic heterocycles. The summed E-state index contributed by atoms with van der Waals surface area (Å²) in [5.41, 5.74) is -0.489. The Balaban J connectivity index is 2.55. The van der Waals surface area contributed by atoms with E-state index in [1.165, 1.54) is 0 Å². The van der Waals surface area contributed by atoms with Crippen LogP contribution >= 0.6 is 0 Å². The van der Waals surface area contributed by atoms with Crippen molar-refractivity contribution >= 4 is 5.84 Å². The van der Waals surface area contributed by atoms with Gasteiger partial charge < -0.3 is 14.4 Å². The molecule has 4 heteroatoms. The van der Waals surface area contributed by atoms with Gasteiger partial charge in [0.15, 0.2) is 0 Å². The van der Waals surface area contributed by atoms with Crippen molar-refractivity contribution in [2.75, 3.05) is 33.4 Å². The summed E-state index contributed by atoms with van der Waals surface area (Å²) >= 11 is 0. The first-order valence-corrected chi connectivity index (χ1v) is 4.55. The molecule has 1 heterocycles. The minimum Gasteiger partial charge on any atom is -0.378 e. The van der Waals surface area contributed by atoms with Crippen LogP contribution in [-0.2, 0) is 9.47 Å². The normalized spacial score (nSPS) is 18.8. The van der Waals surface area contributed by atoms with Crippen molar-refractivity contribution < 1.29 is 9.47 Å².